The molecule has 57 heavy (non-hydrogen) atoms. The molecular formula is C53H40N4. The van der Waals surface area contributed by atoms with Crippen molar-refractivity contribution in [3.63, 3.8) is 0 Å². The summed E-state index contributed by atoms with van der Waals surface area (Å²) in [4.78, 5) is 15.1. The highest BCUT2D eigenvalue weighted by Crippen LogP contribution is 2.56. The Kier molecular flexibility index (Phi) is 7.21. The molecule has 0 saturated carbocycles. The van der Waals surface area contributed by atoms with Crippen LogP contribution in [0.25, 0.3) is 94.3 Å². The first-order chi connectivity index (χ1) is 27.8. The molecule has 8 aromatic carbocycles. The molecule has 4 nitrogen and oxygen atoms in total. The van der Waals surface area contributed by atoms with Gasteiger partial charge in [0, 0.05) is 38.6 Å². The van der Waals surface area contributed by atoms with Gasteiger partial charge in [-0.3, -0.25) is 0 Å². The SMILES string of the molecule is CC1(C)c2cc3c(cc2-c2ccc4ccccc4c2C1(C)C)c1ccccc1n3-c1ccc(-c2nc(-c3ccccc3)nc(-c3ccc4ccccc4c3)n2)cc1. The molecule has 0 aliphatic heterocycles. The molecule has 0 saturated heterocycles. The van der Waals surface area contributed by atoms with E-state index in [4.69, 9.17) is 15.0 Å². The standard InChI is InChI=1S/C53H40N4/c1-52(2)45-32-47-44(31-43(45)42-29-26-34-15-10-11-19-40(34)48(42)53(52,3)4)41-20-12-13-21-46(41)57(47)39-27-24-36(25-28-39)50-54-49(35-16-6-5-7-17-35)55-51(56-50)38-23-22-33-14-8-9-18-37(33)30-38/h5-32H,1-4H3. The van der Waals surface area contributed by atoms with E-state index in [1.165, 1.54) is 60.2 Å². The van der Waals surface area contributed by atoms with E-state index >= 15 is 0 Å². The summed E-state index contributed by atoms with van der Waals surface area (Å²) < 4.78 is 2.43. The zero-order valence-electron chi connectivity index (χ0n) is 32.5. The minimum atomic E-state index is -0.142. The lowest BCUT2D eigenvalue weighted by atomic mass is 9.54. The zero-order valence-corrected chi connectivity index (χ0v) is 32.5. The lowest BCUT2D eigenvalue weighted by Crippen LogP contribution is -2.43. The highest BCUT2D eigenvalue weighted by atomic mass is 15.0. The minimum absolute atomic E-state index is 0.114. The van der Waals surface area contributed by atoms with Crippen molar-refractivity contribution in [2.24, 2.45) is 0 Å². The maximum absolute atomic E-state index is 5.08. The average Bonchev–Trinajstić information content (AvgIpc) is 3.58. The molecule has 1 aliphatic carbocycles. The Balaban J connectivity index is 1.08. The summed E-state index contributed by atoms with van der Waals surface area (Å²) in [5.74, 6) is 1.95. The van der Waals surface area contributed by atoms with Crippen LogP contribution >= 0.6 is 0 Å². The largest absolute Gasteiger partial charge is 0.309 e. The van der Waals surface area contributed by atoms with Crippen molar-refractivity contribution in [2.45, 2.75) is 38.5 Å². The Morgan fingerprint density at radius 3 is 1.72 bits per heavy atom. The van der Waals surface area contributed by atoms with E-state index in [2.05, 4.69) is 184 Å². The second-order valence-corrected chi connectivity index (χ2v) is 16.5. The van der Waals surface area contributed by atoms with Crippen molar-refractivity contribution in [1.29, 1.82) is 0 Å². The van der Waals surface area contributed by atoms with Gasteiger partial charge in [0.15, 0.2) is 17.5 Å². The van der Waals surface area contributed by atoms with Gasteiger partial charge in [-0.05, 0) is 97.7 Å². The van der Waals surface area contributed by atoms with E-state index in [0.717, 1.165) is 27.8 Å². The summed E-state index contributed by atoms with van der Waals surface area (Å²) in [6.45, 7) is 9.70. The average molecular weight is 733 g/mol. The molecule has 272 valence electrons. The van der Waals surface area contributed by atoms with Crippen LogP contribution in [0.3, 0.4) is 0 Å². The predicted octanol–water partition coefficient (Wildman–Crippen LogP) is 13.5. The Labute approximate surface area is 332 Å². The molecule has 0 bridgehead atoms. The fourth-order valence-electron chi connectivity index (χ4n) is 9.29. The Morgan fingerprint density at radius 2 is 0.965 bits per heavy atom. The molecule has 0 amide bonds. The van der Waals surface area contributed by atoms with Crippen LogP contribution in [0, 0.1) is 0 Å². The Bertz CT molecular complexity index is 3230. The first-order valence-corrected chi connectivity index (χ1v) is 19.8. The van der Waals surface area contributed by atoms with E-state index in [0.29, 0.717) is 17.5 Å². The molecule has 0 fully saturated rings. The van der Waals surface area contributed by atoms with Crippen LogP contribution in [0.1, 0.15) is 38.8 Å². The molecule has 10 aromatic rings. The second kappa shape index (κ2) is 12.3. The summed E-state index contributed by atoms with van der Waals surface area (Å²) >= 11 is 0. The molecule has 2 heterocycles. The summed E-state index contributed by atoms with van der Waals surface area (Å²) in [6, 6.07) is 60.9. The second-order valence-electron chi connectivity index (χ2n) is 16.5. The zero-order chi connectivity index (χ0) is 38.5. The van der Waals surface area contributed by atoms with E-state index in [1.54, 1.807) is 0 Å². The Morgan fingerprint density at radius 1 is 0.386 bits per heavy atom. The van der Waals surface area contributed by atoms with Gasteiger partial charge in [-0.1, -0.05) is 149 Å². The van der Waals surface area contributed by atoms with Gasteiger partial charge >= 0.3 is 0 Å². The molecule has 2 aromatic heterocycles. The van der Waals surface area contributed by atoms with Crippen molar-refractivity contribution in [3.8, 4) is 51.0 Å². The highest BCUT2D eigenvalue weighted by molar-refractivity contribution is 6.12. The van der Waals surface area contributed by atoms with Gasteiger partial charge in [-0.25, -0.2) is 15.0 Å². The third-order valence-corrected chi connectivity index (χ3v) is 13.0. The lowest BCUT2D eigenvalue weighted by Gasteiger charge is -2.49. The van der Waals surface area contributed by atoms with Crippen molar-refractivity contribution >= 4 is 43.4 Å². The molecule has 0 atom stereocenters. The molecule has 11 rings (SSSR count). The fourth-order valence-corrected chi connectivity index (χ4v) is 9.29. The van der Waals surface area contributed by atoms with Crippen LogP contribution in [0.15, 0.2) is 170 Å². The minimum Gasteiger partial charge on any atom is -0.309 e. The van der Waals surface area contributed by atoms with Gasteiger partial charge in [0.1, 0.15) is 0 Å². The van der Waals surface area contributed by atoms with Gasteiger partial charge in [0.05, 0.1) is 11.0 Å². The number of hydrogen-bond donors (Lipinski definition) is 0. The third-order valence-electron chi connectivity index (χ3n) is 13.0. The van der Waals surface area contributed by atoms with Gasteiger partial charge in [0.2, 0.25) is 0 Å². The van der Waals surface area contributed by atoms with Crippen LogP contribution in [-0.4, -0.2) is 19.5 Å². The number of benzene rings is 8. The Hall–Kier alpha value is -6.91. The number of nitrogens with zero attached hydrogens (tertiary/aromatic N) is 4. The highest BCUT2D eigenvalue weighted by Gasteiger charge is 2.47. The molecule has 0 N–H and O–H groups in total. The van der Waals surface area contributed by atoms with E-state index in [-0.39, 0.29) is 10.8 Å². The van der Waals surface area contributed by atoms with E-state index in [9.17, 15) is 0 Å². The van der Waals surface area contributed by atoms with Crippen LogP contribution in [-0.2, 0) is 10.8 Å². The molecular weight excluding hydrogens is 693 g/mol. The molecule has 0 radical (unpaired) electrons. The number of para-hydroxylation sites is 1. The van der Waals surface area contributed by atoms with Crippen LogP contribution in [0.4, 0.5) is 0 Å². The normalized spacial score (nSPS) is 14.2. The fraction of sp³-hybridized carbons (Fsp3) is 0.113. The van der Waals surface area contributed by atoms with Gasteiger partial charge in [-0.15, -0.1) is 0 Å². The molecule has 0 spiro atoms. The number of aromatic nitrogens is 4. The molecule has 0 unspecified atom stereocenters. The summed E-state index contributed by atoms with van der Waals surface area (Å²) in [5, 5.41) is 7.48. The maximum Gasteiger partial charge on any atom is 0.164 e. The topological polar surface area (TPSA) is 43.6 Å². The smallest absolute Gasteiger partial charge is 0.164 e. The molecule has 1 aliphatic rings. The van der Waals surface area contributed by atoms with Gasteiger partial charge in [0.25, 0.3) is 0 Å². The summed E-state index contributed by atoms with van der Waals surface area (Å²) in [5.41, 5.74) is 11.6. The summed E-state index contributed by atoms with van der Waals surface area (Å²) in [6.07, 6.45) is 0. The lowest BCUT2D eigenvalue weighted by molar-refractivity contribution is 0.301. The number of hydrogen-bond acceptors (Lipinski definition) is 3. The van der Waals surface area contributed by atoms with Crippen LogP contribution < -0.4 is 0 Å². The summed E-state index contributed by atoms with van der Waals surface area (Å²) in [7, 11) is 0. The van der Waals surface area contributed by atoms with Gasteiger partial charge in [-0.2, -0.15) is 0 Å². The number of fused-ring (bicyclic) bond motifs is 9. The van der Waals surface area contributed by atoms with Crippen molar-refractivity contribution in [1.82, 2.24) is 19.5 Å². The first kappa shape index (κ1) is 33.4. The van der Waals surface area contributed by atoms with Crippen molar-refractivity contribution < 1.29 is 0 Å². The van der Waals surface area contributed by atoms with E-state index in [1.807, 2.05) is 18.2 Å². The predicted molar refractivity (Wildman–Crippen MR) is 237 cm³/mol. The monoisotopic (exact) mass is 732 g/mol. The van der Waals surface area contributed by atoms with Crippen LogP contribution in [0.2, 0.25) is 0 Å². The first-order valence-electron chi connectivity index (χ1n) is 19.8. The quantitative estimate of drug-likeness (QED) is 0.181. The van der Waals surface area contributed by atoms with Crippen LogP contribution in [0.5, 0.6) is 0 Å². The van der Waals surface area contributed by atoms with Crippen molar-refractivity contribution in [2.75, 3.05) is 0 Å². The third kappa shape index (κ3) is 5.03. The number of rotatable bonds is 4. The maximum atomic E-state index is 5.08. The van der Waals surface area contributed by atoms with Crippen molar-refractivity contribution in [3.05, 3.63) is 181 Å². The van der Waals surface area contributed by atoms with Gasteiger partial charge < -0.3 is 4.57 Å². The molecule has 4 heteroatoms. The van der Waals surface area contributed by atoms with E-state index < -0.39 is 0 Å².